The Hall–Kier alpha value is -2.77. The van der Waals surface area contributed by atoms with E-state index in [9.17, 15) is 14.4 Å². The van der Waals surface area contributed by atoms with E-state index in [2.05, 4.69) is 0 Å². The number of hydrogen-bond acceptors (Lipinski definition) is 6. The van der Waals surface area contributed by atoms with Crippen molar-refractivity contribution in [1.82, 2.24) is 4.81 Å². The Balaban J connectivity index is 1.59. The minimum Gasteiger partial charge on any atom is -0.456 e. The first kappa shape index (κ1) is 20.0. The summed E-state index contributed by atoms with van der Waals surface area (Å²) in [5, 5.41) is 8.89. The van der Waals surface area contributed by atoms with Gasteiger partial charge >= 0.3 is 5.97 Å². The highest BCUT2D eigenvalue weighted by Crippen LogP contribution is 2.21. The molecule has 0 aliphatic carbocycles. The minimum absolute atomic E-state index is 0.287. The fourth-order valence-corrected chi connectivity index (χ4v) is 3.15. The van der Waals surface area contributed by atoms with Crippen LogP contribution >= 0.6 is 0 Å². The molecule has 1 atom stereocenters. The molecule has 2 aromatic rings. The monoisotopic (exact) mass is 377 g/mol. The van der Waals surface area contributed by atoms with Gasteiger partial charge in [-0.2, -0.15) is 0 Å². The highest BCUT2D eigenvalue weighted by atomic mass is 16.5. The summed E-state index contributed by atoms with van der Waals surface area (Å²) in [6, 6.07) is 13.3. The summed E-state index contributed by atoms with van der Waals surface area (Å²) in [6.07, 6.45) is 1.47. The normalized spacial score (nSPS) is 16.7. The van der Waals surface area contributed by atoms with Crippen molar-refractivity contribution in [3.8, 4) is 11.1 Å². The molecule has 0 amide bonds. The van der Waals surface area contributed by atoms with Crippen molar-refractivity contribution in [3.63, 3.8) is 0 Å². The number of hydrogen-bond donors (Lipinski definition) is 1. The maximum Gasteiger partial charge on any atom is 0.322 e. The summed E-state index contributed by atoms with van der Waals surface area (Å²) in [6.45, 7) is -0.199. The second kappa shape index (κ2) is 8.95. The van der Waals surface area contributed by atoms with Gasteiger partial charge in [0.2, 0.25) is 0 Å². The average Bonchev–Trinajstić information content (AvgIpc) is 3.17. The second-order valence-corrected chi connectivity index (χ2v) is 6.66. The van der Waals surface area contributed by atoms with E-state index in [-0.39, 0.29) is 18.2 Å². The van der Waals surface area contributed by atoms with Crippen molar-refractivity contribution in [2.45, 2.75) is 18.9 Å². The quantitative estimate of drug-likeness (QED) is 0.450. The molecule has 2 aromatic carbocycles. The van der Waals surface area contributed by atoms with Crippen LogP contribution in [0.15, 0.2) is 48.5 Å². The molecule has 6 nitrogen and oxygen atoms in total. The smallest absolute Gasteiger partial charge is 0.322 e. The van der Waals surface area contributed by atoms with E-state index in [1.54, 1.807) is 48.5 Å². The molecule has 3 rings (SSSR count). The van der Waals surface area contributed by atoms with E-state index in [1.807, 2.05) is 0 Å². The molecular weight excluding hydrogens is 357 g/mol. The Kier molecular flexibility index (Phi) is 6.39. The molecule has 0 bridgehead atoms. The van der Waals surface area contributed by atoms with E-state index >= 15 is 0 Å². The standard InChI is InChI=1S/C21H20BNO5/c22-23-11-1-2-18(23)21(27)28-13-20(26)17-9-5-15(6-10-17)14-3-7-16(8-4-14)19(25)12-24/h3-10,18,24H,1-2,11-13H2/t18-/m0/s1. The van der Waals surface area contributed by atoms with Crippen LogP contribution in [0.25, 0.3) is 11.1 Å². The van der Waals surface area contributed by atoms with Crippen LogP contribution in [0.4, 0.5) is 0 Å². The second-order valence-electron chi connectivity index (χ2n) is 6.66. The lowest BCUT2D eigenvalue weighted by Crippen LogP contribution is -2.36. The maximum atomic E-state index is 12.3. The largest absolute Gasteiger partial charge is 0.456 e. The zero-order chi connectivity index (χ0) is 20.1. The fraction of sp³-hybridized carbons (Fsp3) is 0.286. The maximum absolute atomic E-state index is 12.3. The molecular formula is C21H20BNO5. The van der Waals surface area contributed by atoms with Crippen molar-refractivity contribution in [2.24, 2.45) is 0 Å². The zero-order valence-corrected chi connectivity index (χ0v) is 15.3. The Morgan fingerprint density at radius 2 is 1.50 bits per heavy atom. The van der Waals surface area contributed by atoms with Crippen molar-refractivity contribution in [1.29, 1.82) is 0 Å². The molecule has 142 valence electrons. The van der Waals surface area contributed by atoms with Crippen LogP contribution in [0.5, 0.6) is 0 Å². The highest BCUT2D eigenvalue weighted by molar-refractivity contribution is 6.07. The molecule has 1 fully saturated rings. The molecule has 0 aromatic heterocycles. The van der Waals surface area contributed by atoms with Gasteiger partial charge in [-0.3, -0.25) is 14.4 Å². The fourth-order valence-electron chi connectivity index (χ4n) is 3.15. The van der Waals surface area contributed by atoms with Gasteiger partial charge in [0.1, 0.15) is 6.61 Å². The number of nitrogens with zero attached hydrogens (tertiary/aromatic N) is 1. The lowest BCUT2D eigenvalue weighted by atomic mass is 10.0. The predicted molar refractivity (Wildman–Crippen MR) is 104 cm³/mol. The van der Waals surface area contributed by atoms with Gasteiger partial charge in [0.05, 0.1) is 6.04 Å². The lowest BCUT2D eigenvalue weighted by Gasteiger charge is -2.18. The number of carbonyl (C=O) groups is 3. The number of benzene rings is 2. The number of ether oxygens (including phenoxy) is 1. The van der Waals surface area contributed by atoms with Crippen molar-refractivity contribution in [3.05, 3.63) is 59.7 Å². The number of esters is 1. The molecule has 1 saturated heterocycles. The number of aliphatic hydroxyl groups is 1. The Labute approximate surface area is 164 Å². The average molecular weight is 377 g/mol. The van der Waals surface area contributed by atoms with Crippen molar-refractivity contribution in [2.75, 3.05) is 19.8 Å². The van der Waals surface area contributed by atoms with E-state index in [1.165, 1.54) is 4.81 Å². The number of Topliss-reactive ketones (excluding diaryl/α,β-unsaturated/α-hetero) is 2. The van der Waals surface area contributed by atoms with Crippen LogP contribution in [0.1, 0.15) is 33.6 Å². The summed E-state index contributed by atoms with van der Waals surface area (Å²) in [5.41, 5.74) is 2.64. The number of aliphatic hydroxyl groups excluding tert-OH is 1. The Bertz CT molecular complexity index is 863. The first-order valence-corrected chi connectivity index (χ1v) is 9.05. The molecule has 0 saturated carbocycles. The van der Waals surface area contributed by atoms with Crippen molar-refractivity contribution < 1.29 is 24.2 Å². The molecule has 28 heavy (non-hydrogen) atoms. The van der Waals surface area contributed by atoms with Gasteiger partial charge in [-0.25, -0.2) is 0 Å². The first-order chi connectivity index (χ1) is 13.5. The molecule has 1 aliphatic heterocycles. The molecule has 7 heteroatoms. The van der Waals surface area contributed by atoms with Gasteiger partial charge in [-0.15, -0.1) is 0 Å². The highest BCUT2D eigenvalue weighted by Gasteiger charge is 2.28. The summed E-state index contributed by atoms with van der Waals surface area (Å²) in [5.74, 6) is -1.09. The molecule has 1 heterocycles. The van der Waals surface area contributed by atoms with Gasteiger partial charge in [-0.1, -0.05) is 48.5 Å². The Morgan fingerprint density at radius 1 is 0.964 bits per heavy atom. The SMILES string of the molecule is [B]N1CCC[C@H]1C(=O)OCC(=O)c1ccc(-c2ccc(C(=O)CO)cc2)cc1. The lowest BCUT2D eigenvalue weighted by molar-refractivity contribution is -0.146. The van der Waals surface area contributed by atoms with Crippen LogP contribution < -0.4 is 0 Å². The van der Waals surface area contributed by atoms with Gasteiger partial charge in [0, 0.05) is 11.1 Å². The Morgan fingerprint density at radius 3 is 1.96 bits per heavy atom. The summed E-state index contributed by atoms with van der Waals surface area (Å²) >= 11 is 0. The first-order valence-electron chi connectivity index (χ1n) is 9.05. The van der Waals surface area contributed by atoms with Gasteiger partial charge in [0.15, 0.2) is 26.2 Å². The minimum atomic E-state index is -0.523. The molecule has 2 radical (unpaired) electrons. The molecule has 0 spiro atoms. The van der Waals surface area contributed by atoms with Crippen molar-refractivity contribution >= 4 is 25.5 Å². The van der Waals surface area contributed by atoms with Crippen LogP contribution in [0.3, 0.4) is 0 Å². The molecule has 1 aliphatic rings. The third-order valence-electron chi connectivity index (χ3n) is 4.80. The summed E-state index contributed by atoms with van der Waals surface area (Å²) < 4.78 is 5.11. The zero-order valence-electron chi connectivity index (χ0n) is 15.3. The van der Waals surface area contributed by atoms with E-state index in [4.69, 9.17) is 17.8 Å². The van der Waals surface area contributed by atoms with Gasteiger partial charge < -0.3 is 14.7 Å². The molecule has 1 N–H and O–H groups in total. The number of rotatable bonds is 7. The predicted octanol–water partition coefficient (Wildman–Crippen LogP) is 1.80. The van der Waals surface area contributed by atoms with Gasteiger partial charge in [0.25, 0.3) is 0 Å². The number of ketones is 2. The van der Waals surface area contributed by atoms with E-state index in [0.29, 0.717) is 24.1 Å². The van der Waals surface area contributed by atoms with Crippen LogP contribution in [-0.4, -0.2) is 61.2 Å². The summed E-state index contributed by atoms with van der Waals surface area (Å²) in [7, 11) is 5.72. The summed E-state index contributed by atoms with van der Waals surface area (Å²) in [4.78, 5) is 37.2. The van der Waals surface area contributed by atoms with Crippen LogP contribution in [0.2, 0.25) is 0 Å². The van der Waals surface area contributed by atoms with E-state index < -0.39 is 18.6 Å². The molecule has 0 unspecified atom stereocenters. The topological polar surface area (TPSA) is 83.9 Å². The third-order valence-corrected chi connectivity index (χ3v) is 4.80. The van der Waals surface area contributed by atoms with Crippen LogP contribution in [0, 0.1) is 0 Å². The third kappa shape index (κ3) is 4.55. The number of carbonyl (C=O) groups excluding carboxylic acids is 3. The van der Waals surface area contributed by atoms with E-state index in [0.717, 1.165) is 17.5 Å². The van der Waals surface area contributed by atoms with Gasteiger partial charge in [-0.05, 0) is 30.5 Å². The van der Waals surface area contributed by atoms with Crippen LogP contribution in [-0.2, 0) is 9.53 Å².